The van der Waals surface area contributed by atoms with Crippen LogP contribution in [0, 0.1) is 0 Å². The summed E-state index contributed by atoms with van der Waals surface area (Å²) >= 11 is 0. The fraction of sp³-hybridized carbons (Fsp3) is 0.484. The minimum Gasteiger partial charge on any atom is -0.507 e. The van der Waals surface area contributed by atoms with Gasteiger partial charge in [0.25, 0.3) is 0 Å². The van der Waals surface area contributed by atoms with Crippen molar-refractivity contribution in [3.63, 3.8) is 0 Å². The van der Waals surface area contributed by atoms with Crippen LogP contribution in [0.25, 0.3) is 0 Å². The largest absolute Gasteiger partial charge is 0.507 e. The molecule has 5 atom stereocenters. The van der Waals surface area contributed by atoms with Crippen LogP contribution < -0.4 is 15.5 Å². The van der Waals surface area contributed by atoms with Crippen molar-refractivity contribution < 1.29 is 53.9 Å². The number of fused-ring (bicyclic) bond motifs is 3. The van der Waals surface area contributed by atoms with Gasteiger partial charge in [0, 0.05) is 62.1 Å². The average molecular weight is 626 g/mol. The van der Waals surface area contributed by atoms with E-state index in [-0.39, 0.29) is 41.2 Å². The molecule has 6 rings (SSSR count). The highest BCUT2D eigenvalue weighted by atomic mass is 16.7. The van der Waals surface area contributed by atoms with Gasteiger partial charge in [0.2, 0.25) is 5.78 Å². The molecular formula is C31H35N3O11. The first-order valence-corrected chi connectivity index (χ1v) is 14.8. The molecule has 240 valence electrons. The number of carbonyl (C=O) groups is 4. The van der Waals surface area contributed by atoms with Crippen molar-refractivity contribution in [1.82, 2.24) is 15.7 Å². The maximum Gasteiger partial charge on any atom is 0.202 e. The summed E-state index contributed by atoms with van der Waals surface area (Å²) in [5.74, 6) is -3.74. The minimum atomic E-state index is -2.06. The van der Waals surface area contributed by atoms with Crippen LogP contribution in [0.3, 0.4) is 0 Å². The van der Waals surface area contributed by atoms with Gasteiger partial charge in [-0.15, -0.1) is 0 Å². The second kappa shape index (κ2) is 11.9. The van der Waals surface area contributed by atoms with E-state index >= 15 is 0 Å². The highest BCUT2D eigenvalue weighted by molar-refractivity contribution is 6.31. The summed E-state index contributed by atoms with van der Waals surface area (Å²) < 4.78 is 17.8. The van der Waals surface area contributed by atoms with Crippen LogP contribution >= 0.6 is 0 Å². The van der Waals surface area contributed by atoms with Crippen molar-refractivity contribution in [1.29, 1.82) is 0 Å². The maximum atomic E-state index is 14.1. The summed E-state index contributed by atoms with van der Waals surface area (Å²) in [5.41, 5.74) is -1.36. The van der Waals surface area contributed by atoms with Gasteiger partial charge in [-0.2, -0.15) is 5.48 Å². The predicted molar refractivity (Wildman–Crippen MR) is 153 cm³/mol. The molecule has 2 aliphatic heterocycles. The molecular weight excluding hydrogens is 590 g/mol. The summed E-state index contributed by atoms with van der Waals surface area (Å²) in [6, 6.07) is 3.51. The summed E-state index contributed by atoms with van der Waals surface area (Å²) in [6.07, 6.45) is -4.47. The lowest BCUT2D eigenvalue weighted by Crippen LogP contribution is -2.51. The van der Waals surface area contributed by atoms with Gasteiger partial charge in [-0.05, 0) is 19.9 Å². The van der Waals surface area contributed by atoms with Gasteiger partial charge in [-0.3, -0.25) is 24.1 Å². The second-order valence-electron chi connectivity index (χ2n) is 11.9. The number of aromatic hydroxyl groups is 2. The molecule has 14 heteroatoms. The summed E-state index contributed by atoms with van der Waals surface area (Å²) in [7, 11) is 0. The van der Waals surface area contributed by atoms with E-state index in [0.29, 0.717) is 0 Å². The highest BCUT2D eigenvalue weighted by Crippen LogP contribution is 2.52. The number of ether oxygens (including phenoxy) is 3. The molecule has 14 nitrogen and oxygen atoms in total. The van der Waals surface area contributed by atoms with E-state index in [1.54, 1.807) is 12.1 Å². The number of Topliss-reactive ketones (excluding diaryl/α,β-unsaturated/α-hetero) is 2. The number of ketones is 4. The molecule has 2 saturated heterocycles. The smallest absolute Gasteiger partial charge is 0.202 e. The quantitative estimate of drug-likeness (QED) is 0.156. The number of carbonyl (C=O) groups excluding carboxylic acids is 4. The Hall–Kier alpha value is -3.76. The van der Waals surface area contributed by atoms with Gasteiger partial charge in [0.15, 0.2) is 23.6 Å². The van der Waals surface area contributed by atoms with Gasteiger partial charge in [0.1, 0.15) is 35.7 Å². The number of phenolic OH excluding ortho intramolecular Hbond substituents is 2. The number of hydrogen-bond acceptors (Lipinski definition) is 14. The van der Waals surface area contributed by atoms with E-state index in [0.717, 1.165) is 33.1 Å². The molecule has 2 aliphatic carbocycles. The topological polar surface area (TPSA) is 204 Å². The first-order valence-electron chi connectivity index (χ1n) is 14.8. The predicted octanol–water partition coefficient (Wildman–Crippen LogP) is 0.490. The number of hydroxylamine groups is 1. The molecule has 2 aromatic rings. The normalized spacial score (nSPS) is 28.3. The molecule has 0 radical (unpaired) electrons. The molecule has 4 aliphatic rings. The zero-order chi connectivity index (χ0) is 32.2. The molecule has 0 bridgehead atoms. The molecule has 0 spiro atoms. The van der Waals surface area contributed by atoms with Gasteiger partial charge in [0.05, 0.1) is 28.8 Å². The standard InChI is InChI=1S/C31H35N3O11/c1-14-26(36)18(33-42)10-21(44-14)45-20-12-31(41,15(2)35)11-17-23(20)30(40)25-24(28(17)38)27(37)16-4-3-5-19(22(16)29(25)39)43-13-34-8-6-32-7-9-34/h3-5,14,18,20-21,32-33,38,40-42H,6-13H2,1-2H3/t14?,18?,20-,21?,31-/m0/s1. The van der Waals surface area contributed by atoms with Crippen LogP contribution in [0.1, 0.15) is 75.8 Å². The molecule has 0 amide bonds. The minimum absolute atomic E-state index is 0.0257. The fourth-order valence-electron chi connectivity index (χ4n) is 6.58. The number of nitrogens with one attached hydrogen (secondary N) is 2. The number of aliphatic hydroxyl groups is 1. The van der Waals surface area contributed by atoms with Crippen LogP contribution in [0.2, 0.25) is 0 Å². The van der Waals surface area contributed by atoms with Gasteiger partial charge in [-0.1, -0.05) is 12.1 Å². The third kappa shape index (κ3) is 5.31. The van der Waals surface area contributed by atoms with Crippen LogP contribution in [-0.2, 0) is 25.5 Å². The molecule has 2 heterocycles. The number of rotatable bonds is 7. The lowest BCUT2D eigenvalue weighted by molar-refractivity contribution is -0.226. The molecule has 2 fully saturated rings. The monoisotopic (exact) mass is 625 g/mol. The number of phenols is 2. The lowest BCUT2D eigenvalue weighted by Gasteiger charge is -2.41. The number of benzene rings is 2. The number of piperazine rings is 1. The van der Waals surface area contributed by atoms with Crippen molar-refractivity contribution >= 4 is 23.1 Å². The van der Waals surface area contributed by atoms with Gasteiger partial charge < -0.3 is 40.1 Å². The SMILES string of the molecule is CC(=O)[C@]1(O)Cc2c(O)c3c(c(O)c2[C@@H](OC2CC(NO)C(=O)C(C)O2)C1)C(=O)c1c(OCN2CCNCC2)cccc1C3=O. The third-order valence-electron chi connectivity index (χ3n) is 9.12. The Morgan fingerprint density at radius 1 is 1.11 bits per heavy atom. The molecule has 2 aromatic carbocycles. The fourth-order valence-corrected chi connectivity index (χ4v) is 6.58. The van der Waals surface area contributed by atoms with Gasteiger partial charge >= 0.3 is 0 Å². The molecule has 45 heavy (non-hydrogen) atoms. The van der Waals surface area contributed by atoms with Gasteiger partial charge in [-0.25, -0.2) is 0 Å². The Morgan fingerprint density at radius 2 is 1.82 bits per heavy atom. The molecule has 0 saturated carbocycles. The van der Waals surface area contributed by atoms with E-state index < -0.39 is 88.7 Å². The van der Waals surface area contributed by atoms with Crippen molar-refractivity contribution in [2.75, 3.05) is 32.9 Å². The van der Waals surface area contributed by atoms with Crippen molar-refractivity contribution in [2.45, 2.75) is 63.3 Å². The van der Waals surface area contributed by atoms with E-state index in [4.69, 9.17) is 14.2 Å². The maximum absolute atomic E-state index is 14.1. The van der Waals surface area contributed by atoms with E-state index in [2.05, 4.69) is 5.32 Å². The number of hydrogen-bond donors (Lipinski definition) is 6. The first kappa shape index (κ1) is 31.2. The average Bonchev–Trinajstić information content (AvgIpc) is 3.02. The van der Waals surface area contributed by atoms with Crippen LogP contribution in [0.5, 0.6) is 17.2 Å². The van der Waals surface area contributed by atoms with Crippen molar-refractivity contribution in [3.8, 4) is 17.2 Å². The Balaban J connectivity index is 1.42. The second-order valence-corrected chi connectivity index (χ2v) is 11.9. The Bertz CT molecular complexity index is 1590. The highest BCUT2D eigenvalue weighted by Gasteiger charge is 2.49. The molecule has 0 aromatic heterocycles. The summed E-state index contributed by atoms with van der Waals surface area (Å²) in [5, 5.41) is 47.3. The van der Waals surface area contributed by atoms with E-state index in [1.165, 1.54) is 13.0 Å². The van der Waals surface area contributed by atoms with Crippen LogP contribution in [0.4, 0.5) is 0 Å². The Kier molecular flexibility index (Phi) is 8.24. The Morgan fingerprint density at radius 3 is 2.51 bits per heavy atom. The van der Waals surface area contributed by atoms with Crippen molar-refractivity contribution in [2.24, 2.45) is 0 Å². The van der Waals surface area contributed by atoms with Crippen LogP contribution in [-0.4, -0.2) is 106 Å². The van der Waals surface area contributed by atoms with E-state index in [9.17, 15) is 39.7 Å². The number of nitrogens with zero attached hydrogens (tertiary/aromatic N) is 1. The molecule has 6 N–H and O–H groups in total. The third-order valence-corrected chi connectivity index (χ3v) is 9.12. The zero-order valence-corrected chi connectivity index (χ0v) is 24.8. The van der Waals surface area contributed by atoms with E-state index in [1.807, 2.05) is 10.4 Å². The lowest BCUT2D eigenvalue weighted by atomic mass is 9.72. The summed E-state index contributed by atoms with van der Waals surface area (Å²) in [4.78, 5) is 55.0. The molecule has 3 unspecified atom stereocenters. The Labute approximate surface area is 257 Å². The summed E-state index contributed by atoms with van der Waals surface area (Å²) in [6.45, 7) is 5.80. The van der Waals surface area contributed by atoms with Crippen molar-refractivity contribution in [3.05, 3.63) is 51.6 Å². The van der Waals surface area contributed by atoms with Crippen LogP contribution in [0.15, 0.2) is 18.2 Å². The zero-order valence-electron chi connectivity index (χ0n) is 24.8. The first-order chi connectivity index (χ1) is 21.4.